The van der Waals surface area contributed by atoms with E-state index in [0.29, 0.717) is 13.0 Å². The predicted molar refractivity (Wildman–Crippen MR) is 61.5 cm³/mol. The van der Waals surface area contributed by atoms with Crippen molar-refractivity contribution in [2.45, 2.75) is 31.5 Å². The summed E-state index contributed by atoms with van der Waals surface area (Å²) < 4.78 is 4.72. The zero-order chi connectivity index (χ0) is 13.3. The molecule has 2 heterocycles. The lowest BCUT2D eigenvalue weighted by molar-refractivity contribution is -0.147. The first kappa shape index (κ1) is 12.8. The lowest BCUT2D eigenvalue weighted by Gasteiger charge is -2.35. The Morgan fingerprint density at radius 2 is 2.28 bits per heavy atom. The van der Waals surface area contributed by atoms with E-state index >= 15 is 0 Å². The zero-order valence-electron chi connectivity index (χ0n) is 10.4. The van der Waals surface area contributed by atoms with Crippen LogP contribution < -0.4 is 10.6 Å². The number of nitrogens with one attached hydrogen (secondary N) is 2. The molecule has 0 bridgehead atoms. The largest absolute Gasteiger partial charge is 0.375 e. The summed E-state index contributed by atoms with van der Waals surface area (Å²) in [7, 11) is 1.43. The third kappa shape index (κ3) is 2.17. The van der Waals surface area contributed by atoms with E-state index in [-0.39, 0.29) is 30.4 Å². The van der Waals surface area contributed by atoms with Crippen LogP contribution in [0.4, 0.5) is 0 Å². The Balaban J connectivity index is 2.06. The number of carbonyl (C=O) groups is 3. The Hall–Kier alpha value is -1.63. The van der Waals surface area contributed by atoms with Gasteiger partial charge in [0.05, 0.1) is 6.04 Å². The fourth-order valence-corrected chi connectivity index (χ4v) is 2.50. The third-order valence-corrected chi connectivity index (χ3v) is 3.30. The summed E-state index contributed by atoms with van der Waals surface area (Å²) in [5.74, 6) is -0.575. The van der Waals surface area contributed by atoms with Crippen LogP contribution in [0.3, 0.4) is 0 Å². The molecule has 100 valence electrons. The molecule has 0 spiro atoms. The van der Waals surface area contributed by atoms with Crippen LogP contribution in [-0.4, -0.2) is 61.0 Å². The first-order valence-electron chi connectivity index (χ1n) is 5.93. The summed E-state index contributed by atoms with van der Waals surface area (Å²) in [5.41, 5.74) is 0. The topological polar surface area (TPSA) is 87.7 Å². The number of methoxy groups -OCH3 is 1. The van der Waals surface area contributed by atoms with E-state index in [9.17, 15) is 14.4 Å². The van der Waals surface area contributed by atoms with E-state index in [1.165, 1.54) is 7.11 Å². The van der Waals surface area contributed by atoms with Crippen LogP contribution in [0.25, 0.3) is 0 Å². The lowest BCUT2D eigenvalue weighted by atomic mass is 10.0. The molecule has 2 saturated heterocycles. The second-order valence-corrected chi connectivity index (χ2v) is 4.60. The maximum Gasteiger partial charge on any atom is 0.246 e. The average molecular weight is 255 g/mol. The number of rotatable bonds is 3. The molecule has 7 heteroatoms. The van der Waals surface area contributed by atoms with Crippen LogP contribution in [-0.2, 0) is 19.1 Å². The van der Waals surface area contributed by atoms with Crippen molar-refractivity contribution in [3.05, 3.63) is 0 Å². The fourth-order valence-electron chi connectivity index (χ4n) is 2.50. The van der Waals surface area contributed by atoms with Crippen LogP contribution >= 0.6 is 0 Å². The van der Waals surface area contributed by atoms with Gasteiger partial charge in [0.2, 0.25) is 17.7 Å². The summed E-state index contributed by atoms with van der Waals surface area (Å²) >= 11 is 0. The number of hydrogen-bond donors (Lipinski definition) is 2. The van der Waals surface area contributed by atoms with Crippen LogP contribution in [0, 0.1) is 0 Å². The molecule has 0 aliphatic carbocycles. The van der Waals surface area contributed by atoms with E-state index in [1.54, 1.807) is 11.8 Å². The molecule has 2 N–H and O–H groups in total. The predicted octanol–water partition coefficient (Wildman–Crippen LogP) is -1.76. The van der Waals surface area contributed by atoms with Gasteiger partial charge in [0.1, 0.15) is 18.7 Å². The van der Waals surface area contributed by atoms with Gasteiger partial charge >= 0.3 is 0 Å². The molecule has 0 saturated carbocycles. The maximum absolute atomic E-state index is 11.9. The Kier molecular flexibility index (Phi) is 3.51. The fraction of sp³-hybridized carbons (Fsp3) is 0.727. The van der Waals surface area contributed by atoms with Gasteiger partial charge in [-0.15, -0.1) is 0 Å². The molecule has 3 unspecified atom stereocenters. The SMILES string of the molecule is COCC(=O)NC1CCN2C(=O)C(C)NC(=O)C12. The summed E-state index contributed by atoms with van der Waals surface area (Å²) in [6.45, 7) is 2.11. The maximum atomic E-state index is 11.9. The molecule has 2 rings (SSSR count). The Morgan fingerprint density at radius 1 is 1.56 bits per heavy atom. The Bertz CT molecular complexity index is 384. The van der Waals surface area contributed by atoms with Crippen molar-refractivity contribution in [3.63, 3.8) is 0 Å². The van der Waals surface area contributed by atoms with E-state index < -0.39 is 12.1 Å². The highest BCUT2D eigenvalue weighted by Crippen LogP contribution is 2.22. The highest BCUT2D eigenvalue weighted by Gasteiger charge is 2.47. The number of amides is 3. The minimum absolute atomic E-state index is 0.0464. The van der Waals surface area contributed by atoms with Gasteiger partial charge in [-0.3, -0.25) is 14.4 Å². The van der Waals surface area contributed by atoms with Gasteiger partial charge in [-0.25, -0.2) is 0 Å². The van der Waals surface area contributed by atoms with Crippen molar-refractivity contribution < 1.29 is 19.1 Å². The molecule has 2 aliphatic heterocycles. The minimum atomic E-state index is -0.588. The van der Waals surface area contributed by atoms with Crippen molar-refractivity contribution >= 4 is 17.7 Å². The normalized spacial score (nSPS) is 31.0. The zero-order valence-corrected chi connectivity index (χ0v) is 10.4. The first-order valence-corrected chi connectivity index (χ1v) is 5.93. The number of carbonyl (C=O) groups excluding carboxylic acids is 3. The third-order valence-electron chi connectivity index (χ3n) is 3.30. The number of fused-ring (bicyclic) bond motifs is 1. The van der Waals surface area contributed by atoms with E-state index in [4.69, 9.17) is 4.74 Å². The number of nitrogens with zero attached hydrogens (tertiary/aromatic N) is 1. The van der Waals surface area contributed by atoms with Crippen molar-refractivity contribution in [3.8, 4) is 0 Å². The van der Waals surface area contributed by atoms with Gasteiger partial charge in [-0.05, 0) is 13.3 Å². The highest BCUT2D eigenvalue weighted by molar-refractivity contribution is 5.98. The van der Waals surface area contributed by atoms with Crippen molar-refractivity contribution in [2.75, 3.05) is 20.3 Å². The molecule has 0 aromatic rings. The molecular formula is C11H17N3O4. The van der Waals surface area contributed by atoms with Gasteiger partial charge in [0, 0.05) is 13.7 Å². The summed E-state index contributed by atoms with van der Waals surface area (Å²) in [6.07, 6.45) is 0.589. The standard InChI is InChI=1S/C11H17N3O4/c1-6-11(17)14-4-3-7(9(14)10(16)12-6)13-8(15)5-18-2/h6-7,9H,3-5H2,1-2H3,(H,12,16)(H,13,15). The van der Waals surface area contributed by atoms with Gasteiger partial charge in [0.15, 0.2) is 0 Å². The molecule has 2 aliphatic rings. The van der Waals surface area contributed by atoms with Crippen LogP contribution in [0.15, 0.2) is 0 Å². The van der Waals surface area contributed by atoms with Gasteiger partial charge in [0.25, 0.3) is 0 Å². The first-order chi connectivity index (χ1) is 8.54. The number of ether oxygens (including phenoxy) is 1. The Morgan fingerprint density at radius 3 is 2.94 bits per heavy atom. The number of piperazine rings is 1. The highest BCUT2D eigenvalue weighted by atomic mass is 16.5. The molecule has 0 aromatic carbocycles. The number of hydrogen-bond acceptors (Lipinski definition) is 4. The molecule has 3 atom stereocenters. The van der Waals surface area contributed by atoms with E-state index in [1.807, 2.05) is 0 Å². The molecular weight excluding hydrogens is 238 g/mol. The molecule has 7 nitrogen and oxygen atoms in total. The van der Waals surface area contributed by atoms with Crippen LogP contribution in [0.2, 0.25) is 0 Å². The second-order valence-electron chi connectivity index (χ2n) is 4.60. The second kappa shape index (κ2) is 4.93. The average Bonchev–Trinajstić information content (AvgIpc) is 2.70. The quantitative estimate of drug-likeness (QED) is 0.625. The molecule has 0 aromatic heterocycles. The monoisotopic (exact) mass is 255 g/mol. The smallest absolute Gasteiger partial charge is 0.246 e. The van der Waals surface area contributed by atoms with Crippen molar-refractivity contribution in [1.82, 2.24) is 15.5 Å². The molecule has 2 fully saturated rings. The molecule has 3 amide bonds. The minimum Gasteiger partial charge on any atom is -0.375 e. The van der Waals surface area contributed by atoms with Crippen LogP contribution in [0.1, 0.15) is 13.3 Å². The van der Waals surface area contributed by atoms with E-state index in [2.05, 4.69) is 10.6 Å². The van der Waals surface area contributed by atoms with E-state index in [0.717, 1.165) is 0 Å². The van der Waals surface area contributed by atoms with Crippen molar-refractivity contribution in [2.24, 2.45) is 0 Å². The van der Waals surface area contributed by atoms with Crippen molar-refractivity contribution in [1.29, 1.82) is 0 Å². The Labute approximate surface area is 105 Å². The molecule has 18 heavy (non-hydrogen) atoms. The van der Waals surface area contributed by atoms with Crippen LogP contribution in [0.5, 0.6) is 0 Å². The van der Waals surface area contributed by atoms with Gasteiger partial charge in [-0.1, -0.05) is 0 Å². The summed E-state index contributed by atoms with van der Waals surface area (Å²) in [5, 5.41) is 5.35. The van der Waals surface area contributed by atoms with Gasteiger partial charge in [-0.2, -0.15) is 0 Å². The molecule has 0 radical (unpaired) electrons. The summed E-state index contributed by atoms with van der Waals surface area (Å²) in [4.78, 5) is 36.8. The van der Waals surface area contributed by atoms with Gasteiger partial charge < -0.3 is 20.3 Å². The summed E-state index contributed by atoms with van der Waals surface area (Å²) in [6, 6.07) is -1.40. The lowest BCUT2D eigenvalue weighted by Crippen LogP contribution is -2.64.